The first kappa shape index (κ1) is 55.0. The molecule has 0 aliphatic carbocycles. The van der Waals surface area contributed by atoms with Crippen LogP contribution < -0.4 is 21.3 Å². The highest BCUT2D eigenvalue weighted by atomic mass is 16.6. The molecule has 18 heteroatoms. The van der Waals surface area contributed by atoms with Gasteiger partial charge in [-0.3, -0.25) is 24.1 Å². The van der Waals surface area contributed by atoms with Gasteiger partial charge in [0, 0.05) is 51.5 Å². The standard InChI is InChI=1S/C53H80N8O10/c1-36(54-5)48(62)56-46(50(64)58-26-17-23-42(58)25-28-60-44(34-70-52(60)66)31-40-19-11-9-12-20-40)38(3)68-29-15-7-8-16-30-69-39(4)47(57-49(63)37(2)55-6)51(65)59-27-18-24-43(59)33-61-45(35-71-53(61)67)32-41-21-13-10-14-22-41/h9-14,19-22,36-39,42-47,54-55H,7-8,15-18,23-35H2,1-6H3,(H,56,62)(H,57,63)/t36-,37-,38+,39+,42-,43-,44-,45-,46-,47-/m0/s1. The van der Waals surface area contributed by atoms with Crippen LogP contribution in [-0.4, -0.2) is 183 Å². The predicted octanol–water partition coefficient (Wildman–Crippen LogP) is 4.04. The average molecular weight is 989 g/mol. The summed E-state index contributed by atoms with van der Waals surface area (Å²) in [5, 5.41) is 11.8. The minimum Gasteiger partial charge on any atom is -0.447 e. The number of hydrogen-bond donors (Lipinski definition) is 4. The summed E-state index contributed by atoms with van der Waals surface area (Å²) in [6.45, 7) is 10.4. The molecular formula is C53H80N8O10. The van der Waals surface area contributed by atoms with Crippen LogP contribution in [0.3, 0.4) is 0 Å². The van der Waals surface area contributed by atoms with E-state index in [1.807, 2.05) is 79.4 Å². The molecule has 4 aliphatic heterocycles. The molecule has 6 amide bonds. The van der Waals surface area contributed by atoms with E-state index in [-0.39, 0.29) is 60.0 Å². The largest absolute Gasteiger partial charge is 0.447 e. The maximum Gasteiger partial charge on any atom is 0.410 e. The van der Waals surface area contributed by atoms with Crippen molar-refractivity contribution < 1.29 is 47.7 Å². The second-order valence-electron chi connectivity index (χ2n) is 19.7. The van der Waals surface area contributed by atoms with E-state index in [0.717, 1.165) is 56.1 Å². The lowest BCUT2D eigenvalue weighted by atomic mass is 10.0. The van der Waals surface area contributed by atoms with E-state index in [1.54, 1.807) is 42.6 Å². The number of hydrogen-bond acceptors (Lipinski definition) is 12. The molecule has 18 nitrogen and oxygen atoms in total. The van der Waals surface area contributed by atoms with Crippen molar-refractivity contribution in [3.05, 3.63) is 71.8 Å². The number of amides is 6. The van der Waals surface area contributed by atoms with E-state index in [9.17, 15) is 28.8 Å². The first-order chi connectivity index (χ1) is 34.3. The van der Waals surface area contributed by atoms with Crippen molar-refractivity contribution in [2.75, 3.05) is 66.7 Å². The molecule has 10 atom stereocenters. The van der Waals surface area contributed by atoms with Gasteiger partial charge in [-0.2, -0.15) is 0 Å². The van der Waals surface area contributed by atoms with E-state index in [4.69, 9.17) is 18.9 Å². The van der Waals surface area contributed by atoms with E-state index >= 15 is 0 Å². The Morgan fingerprint density at radius 2 is 1.04 bits per heavy atom. The minimum absolute atomic E-state index is 0.0745. The van der Waals surface area contributed by atoms with Gasteiger partial charge in [0.2, 0.25) is 23.6 Å². The summed E-state index contributed by atoms with van der Waals surface area (Å²) in [4.78, 5) is 88.0. The van der Waals surface area contributed by atoms with E-state index in [2.05, 4.69) is 21.3 Å². The molecule has 0 spiro atoms. The third-order valence-corrected chi connectivity index (χ3v) is 14.7. The van der Waals surface area contributed by atoms with Crippen molar-refractivity contribution in [1.29, 1.82) is 0 Å². The van der Waals surface area contributed by atoms with Crippen molar-refractivity contribution >= 4 is 35.8 Å². The molecule has 0 radical (unpaired) electrons. The SMILES string of the molecule is CN[C@@H](C)C(=O)N[C@H](C(=O)N1CCC[C@H]1CCN1C(=O)OC[C@@H]1Cc1ccccc1)[C@@H](C)OCCCCCCO[C@H](C)[C@H](NC(=O)[C@H](C)NC)C(=O)N1CCC[C@H]1CN1C(=O)OC[C@@H]1Cc1ccccc1. The van der Waals surface area contributed by atoms with Gasteiger partial charge < -0.3 is 54.9 Å². The fourth-order valence-corrected chi connectivity index (χ4v) is 10.1. The Bertz CT molecular complexity index is 2030. The third-order valence-electron chi connectivity index (χ3n) is 14.7. The smallest absolute Gasteiger partial charge is 0.410 e. The molecule has 0 aromatic heterocycles. The first-order valence-corrected chi connectivity index (χ1v) is 26.0. The van der Waals surface area contributed by atoms with E-state index in [0.29, 0.717) is 78.3 Å². The van der Waals surface area contributed by atoms with Crippen LogP contribution in [0.1, 0.15) is 96.6 Å². The Balaban J connectivity index is 0.966. The van der Waals surface area contributed by atoms with Crippen LogP contribution in [0.5, 0.6) is 0 Å². The summed E-state index contributed by atoms with van der Waals surface area (Å²) in [6, 6.07) is 16.6. The highest BCUT2D eigenvalue weighted by Crippen LogP contribution is 2.27. The predicted molar refractivity (Wildman–Crippen MR) is 268 cm³/mol. The van der Waals surface area contributed by atoms with Gasteiger partial charge in [-0.25, -0.2) is 9.59 Å². The second-order valence-corrected chi connectivity index (χ2v) is 19.7. The number of carbonyl (C=O) groups excluding carboxylic acids is 6. The van der Waals surface area contributed by atoms with Crippen LogP contribution >= 0.6 is 0 Å². The van der Waals surface area contributed by atoms with Gasteiger partial charge in [-0.05, 0) is 111 Å². The highest BCUT2D eigenvalue weighted by Gasteiger charge is 2.43. The Hall–Kier alpha value is -5.30. The number of benzene rings is 2. The summed E-state index contributed by atoms with van der Waals surface area (Å²) in [7, 11) is 3.39. The number of nitrogens with one attached hydrogen (secondary N) is 4. The molecule has 4 N–H and O–H groups in total. The van der Waals surface area contributed by atoms with Crippen molar-refractivity contribution in [2.24, 2.45) is 0 Å². The first-order valence-electron chi connectivity index (χ1n) is 26.0. The van der Waals surface area contributed by atoms with Crippen LogP contribution in [-0.2, 0) is 51.0 Å². The number of rotatable bonds is 28. The van der Waals surface area contributed by atoms with Gasteiger partial charge in [0.1, 0.15) is 25.3 Å². The quantitative estimate of drug-likeness (QED) is 0.0895. The molecule has 392 valence electrons. The maximum atomic E-state index is 14.4. The third kappa shape index (κ3) is 15.4. The molecule has 0 unspecified atom stereocenters. The lowest BCUT2D eigenvalue weighted by molar-refractivity contribution is -0.142. The average Bonchev–Trinajstić information content (AvgIpc) is 4.20. The van der Waals surface area contributed by atoms with Crippen molar-refractivity contribution in [3.63, 3.8) is 0 Å². The number of unbranched alkanes of at least 4 members (excludes halogenated alkanes) is 3. The van der Waals surface area contributed by atoms with E-state index in [1.165, 1.54) is 0 Å². The van der Waals surface area contributed by atoms with Gasteiger partial charge in [0.25, 0.3) is 0 Å². The molecule has 0 saturated carbocycles. The monoisotopic (exact) mass is 989 g/mol. The summed E-state index contributed by atoms with van der Waals surface area (Å²) in [6.07, 6.45) is 6.24. The molecular weight excluding hydrogens is 909 g/mol. The molecule has 71 heavy (non-hydrogen) atoms. The zero-order chi connectivity index (χ0) is 50.9. The summed E-state index contributed by atoms with van der Waals surface area (Å²) in [5.41, 5.74) is 2.24. The Labute approximate surface area is 420 Å². The van der Waals surface area contributed by atoms with Crippen LogP contribution in [0, 0.1) is 0 Å². The van der Waals surface area contributed by atoms with Crippen LogP contribution in [0.4, 0.5) is 9.59 Å². The molecule has 6 rings (SSSR count). The van der Waals surface area contributed by atoms with Crippen molar-refractivity contribution in [3.8, 4) is 0 Å². The zero-order valence-corrected chi connectivity index (χ0v) is 42.9. The number of ether oxygens (including phenoxy) is 4. The Morgan fingerprint density at radius 3 is 1.52 bits per heavy atom. The molecule has 4 aliphatic rings. The Morgan fingerprint density at radius 1 is 0.606 bits per heavy atom. The topological polar surface area (TPSA) is 200 Å². The molecule has 4 saturated heterocycles. The summed E-state index contributed by atoms with van der Waals surface area (Å²) >= 11 is 0. The number of likely N-dealkylation sites (N-methyl/N-ethyl adjacent to an activating group) is 2. The van der Waals surface area contributed by atoms with Gasteiger partial charge in [0.15, 0.2) is 0 Å². The van der Waals surface area contributed by atoms with Crippen molar-refractivity contribution in [2.45, 2.75) is 159 Å². The normalized spacial score (nSPS) is 22.7. The lowest BCUT2D eigenvalue weighted by Gasteiger charge is -2.34. The Kier molecular flexibility index (Phi) is 21.3. The zero-order valence-electron chi connectivity index (χ0n) is 42.9. The molecule has 0 bridgehead atoms. The van der Waals surface area contributed by atoms with Gasteiger partial charge in [-0.15, -0.1) is 0 Å². The second kappa shape index (κ2) is 27.5. The molecule has 2 aromatic rings. The number of cyclic esters (lactones) is 2. The molecule has 4 heterocycles. The lowest BCUT2D eigenvalue weighted by Crippen LogP contribution is -2.59. The van der Waals surface area contributed by atoms with Crippen LogP contribution in [0.15, 0.2) is 60.7 Å². The molecule has 4 fully saturated rings. The van der Waals surface area contributed by atoms with Gasteiger partial charge in [-0.1, -0.05) is 73.5 Å². The van der Waals surface area contributed by atoms with Gasteiger partial charge >= 0.3 is 12.2 Å². The number of nitrogens with zero attached hydrogens (tertiary/aromatic N) is 4. The summed E-state index contributed by atoms with van der Waals surface area (Å²) < 4.78 is 23.5. The number of likely N-dealkylation sites (tertiary alicyclic amines) is 2. The maximum absolute atomic E-state index is 14.4. The summed E-state index contributed by atoms with van der Waals surface area (Å²) in [5.74, 6) is -1.03. The fourth-order valence-electron chi connectivity index (χ4n) is 10.1. The highest BCUT2D eigenvalue weighted by molar-refractivity contribution is 5.91. The van der Waals surface area contributed by atoms with E-state index < -0.39 is 36.4 Å². The fraction of sp³-hybridized carbons (Fsp3) is 0.660. The number of carbonyl (C=O) groups is 6. The van der Waals surface area contributed by atoms with Gasteiger partial charge in [0.05, 0.1) is 36.4 Å². The molecule has 2 aromatic carbocycles. The van der Waals surface area contributed by atoms with Crippen LogP contribution in [0.25, 0.3) is 0 Å². The minimum atomic E-state index is -0.927. The van der Waals surface area contributed by atoms with Crippen LogP contribution in [0.2, 0.25) is 0 Å². The van der Waals surface area contributed by atoms with Crippen molar-refractivity contribution in [1.82, 2.24) is 40.9 Å².